The first-order valence-electron chi connectivity index (χ1n) is 13.6. The third-order valence-electron chi connectivity index (χ3n) is 8.20. The highest BCUT2D eigenvalue weighted by Gasteiger charge is 2.32. The first kappa shape index (κ1) is 22.6. The summed E-state index contributed by atoms with van der Waals surface area (Å²) in [5.74, 6) is 0.451. The van der Waals surface area contributed by atoms with Crippen molar-refractivity contribution in [2.24, 2.45) is 0 Å². The molecule has 0 amide bonds. The Bertz CT molecular complexity index is 1890. The summed E-state index contributed by atoms with van der Waals surface area (Å²) in [4.78, 5) is 1.41. The van der Waals surface area contributed by atoms with Gasteiger partial charge in [-0.15, -0.1) is 11.8 Å². The zero-order valence-electron chi connectivity index (χ0n) is 21.4. The van der Waals surface area contributed by atoms with Gasteiger partial charge in [-0.25, -0.2) is 0 Å². The molecule has 0 spiro atoms. The molecule has 1 aliphatic carbocycles. The molecule has 184 valence electrons. The molecule has 8 rings (SSSR count). The van der Waals surface area contributed by atoms with Gasteiger partial charge in [-0.05, 0) is 72.6 Å². The molecule has 6 aromatic rings. The topological polar surface area (TPSA) is 0 Å². The van der Waals surface area contributed by atoms with Gasteiger partial charge < -0.3 is 0 Å². The van der Waals surface area contributed by atoms with E-state index in [9.17, 15) is 0 Å². The lowest BCUT2D eigenvalue weighted by molar-refractivity contribution is 0.884. The van der Waals surface area contributed by atoms with Crippen molar-refractivity contribution in [1.29, 1.82) is 0 Å². The van der Waals surface area contributed by atoms with Crippen molar-refractivity contribution in [2.75, 3.05) is 0 Å². The van der Waals surface area contributed by atoms with Gasteiger partial charge in [-0.2, -0.15) is 0 Å². The molecule has 2 aliphatic rings. The molecule has 1 aliphatic heterocycles. The number of thioether (sulfide) groups is 1. The fourth-order valence-electron chi connectivity index (χ4n) is 6.45. The zero-order chi connectivity index (χ0) is 25.8. The maximum absolute atomic E-state index is 2.51. The molecule has 0 radical (unpaired) electrons. The molecule has 2 atom stereocenters. The molecule has 0 saturated heterocycles. The number of hydrogen-bond donors (Lipinski definition) is 0. The Morgan fingerprint density at radius 2 is 1.08 bits per heavy atom. The first-order chi connectivity index (χ1) is 19.3. The number of benzene rings is 6. The molecular weight excluding hydrogens is 488 g/mol. The van der Waals surface area contributed by atoms with Crippen molar-refractivity contribution in [3.63, 3.8) is 0 Å². The van der Waals surface area contributed by atoms with Crippen molar-refractivity contribution in [3.8, 4) is 22.3 Å². The molecule has 2 unspecified atom stereocenters. The van der Waals surface area contributed by atoms with E-state index in [0.29, 0.717) is 11.2 Å². The Morgan fingerprint density at radius 3 is 1.82 bits per heavy atom. The number of hydrogen-bond acceptors (Lipinski definition) is 1. The van der Waals surface area contributed by atoms with Crippen molar-refractivity contribution in [2.45, 2.75) is 16.1 Å². The largest absolute Gasteiger partial charge is 0.117 e. The lowest BCUT2D eigenvalue weighted by Gasteiger charge is -2.23. The van der Waals surface area contributed by atoms with Crippen LogP contribution in [0.2, 0.25) is 0 Å². The third kappa shape index (κ3) is 3.69. The van der Waals surface area contributed by atoms with E-state index in [4.69, 9.17) is 0 Å². The van der Waals surface area contributed by atoms with Crippen LogP contribution < -0.4 is 0 Å². The van der Waals surface area contributed by atoms with Crippen molar-refractivity contribution in [1.82, 2.24) is 0 Å². The summed E-state index contributed by atoms with van der Waals surface area (Å²) in [6.07, 6.45) is 7.31. The van der Waals surface area contributed by atoms with E-state index in [2.05, 4.69) is 146 Å². The predicted octanol–water partition coefficient (Wildman–Crippen LogP) is 10.5. The fraction of sp³-hybridized carbons (Fsp3) is 0.0526. The summed E-state index contributed by atoms with van der Waals surface area (Å²) in [5, 5.41) is 5.66. The molecule has 0 nitrogen and oxygen atoms in total. The number of allylic oxidation sites excluding steroid dienone is 3. The van der Waals surface area contributed by atoms with E-state index < -0.39 is 0 Å². The molecule has 0 aromatic heterocycles. The SMILES string of the molecule is C1=CC2c3ccccc3SC2C=C1c1c2ccccc2c(-c2cccc(-c3ccccc3)c2)c2ccccc12. The number of fused-ring (bicyclic) bond motifs is 5. The van der Waals surface area contributed by atoms with Crippen LogP contribution >= 0.6 is 11.8 Å². The van der Waals surface area contributed by atoms with E-state index in [1.54, 1.807) is 0 Å². The van der Waals surface area contributed by atoms with Crippen LogP contribution in [0.3, 0.4) is 0 Å². The molecule has 0 fully saturated rings. The Kier molecular flexibility index (Phi) is 5.31. The van der Waals surface area contributed by atoms with Gasteiger partial charge in [-0.3, -0.25) is 0 Å². The fourth-order valence-corrected chi connectivity index (χ4v) is 7.84. The summed E-state index contributed by atoms with van der Waals surface area (Å²) < 4.78 is 0. The average molecular weight is 515 g/mol. The van der Waals surface area contributed by atoms with E-state index in [0.717, 1.165) is 0 Å². The monoisotopic (exact) mass is 514 g/mol. The summed E-state index contributed by atoms with van der Waals surface area (Å²) in [5.41, 5.74) is 9.18. The Labute approximate surface area is 233 Å². The van der Waals surface area contributed by atoms with E-state index in [-0.39, 0.29) is 0 Å². The van der Waals surface area contributed by atoms with Crippen LogP contribution in [0.1, 0.15) is 17.0 Å². The highest BCUT2D eigenvalue weighted by Crippen LogP contribution is 2.51. The maximum atomic E-state index is 2.51. The summed E-state index contributed by atoms with van der Waals surface area (Å²) >= 11 is 2.00. The van der Waals surface area contributed by atoms with Gasteiger partial charge in [0, 0.05) is 16.1 Å². The van der Waals surface area contributed by atoms with Crippen LogP contribution in [0, 0.1) is 0 Å². The van der Waals surface area contributed by atoms with Gasteiger partial charge in [0.25, 0.3) is 0 Å². The summed E-state index contributed by atoms with van der Waals surface area (Å²) in [6.45, 7) is 0. The highest BCUT2D eigenvalue weighted by atomic mass is 32.2. The average Bonchev–Trinajstić information content (AvgIpc) is 3.38. The molecule has 0 N–H and O–H groups in total. The lowest BCUT2D eigenvalue weighted by atomic mass is 9.82. The molecule has 1 heterocycles. The predicted molar refractivity (Wildman–Crippen MR) is 168 cm³/mol. The molecule has 39 heavy (non-hydrogen) atoms. The van der Waals surface area contributed by atoms with Crippen LogP contribution in [-0.2, 0) is 0 Å². The standard InChI is InChI=1S/C38H26S/c1-2-11-25(12-3-1)26-13-10-14-27(23-26)37-31-16-4-6-18-33(31)38(34-19-7-5-17-32(34)37)28-21-22-30-29-15-8-9-20-35(29)39-36(30)24-28/h1-24,30,36H. The van der Waals surface area contributed by atoms with Gasteiger partial charge in [-0.1, -0.05) is 133 Å². The minimum Gasteiger partial charge on any atom is -0.117 e. The third-order valence-corrected chi connectivity index (χ3v) is 9.53. The highest BCUT2D eigenvalue weighted by molar-refractivity contribution is 8.00. The normalized spacial score (nSPS) is 17.7. The minimum atomic E-state index is 0.433. The Morgan fingerprint density at radius 1 is 0.487 bits per heavy atom. The van der Waals surface area contributed by atoms with E-state index in [1.165, 1.54) is 65.4 Å². The second-order valence-corrected chi connectivity index (χ2v) is 11.6. The van der Waals surface area contributed by atoms with Gasteiger partial charge in [0.05, 0.1) is 0 Å². The van der Waals surface area contributed by atoms with Gasteiger partial charge in [0.15, 0.2) is 0 Å². The van der Waals surface area contributed by atoms with Gasteiger partial charge in [0.2, 0.25) is 0 Å². The first-order valence-corrected chi connectivity index (χ1v) is 14.5. The molecule has 0 bridgehead atoms. The Balaban J connectivity index is 1.35. The molecular formula is C38H26S. The van der Waals surface area contributed by atoms with E-state index in [1.807, 2.05) is 11.8 Å². The van der Waals surface area contributed by atoms with Crippen molar-refractivity contribution >= 4 is 38.9 Å². The van der Waals surface area contributed by atoms with Crippen LogP contribution in [0.5, 0.6) is 0 Å². The summed E-state index contributed by atoms with van der Waals surface area (Å²) in [7, 11) is 0. The van der Waals surface area contributed by atoms with Crippen molar-refractivity contribution < 1.29 is 0 Å². The van der Waals surface area contributed by atoms with Crippen LogP contribution in [0.15, 0.2) is 151 Å². The van der Waals surface area contributed by atoms with Crippen LogP contribution in [-0.4, -0.2) is 5.25 Å². The number of rotatable bonds is 3. The molecule has 0 saturated carbocycles. The van der Waals surface area contributed by atoms with Crippen LogP contribution in [0.25, 0.3) is 49.4 Å². The molecule has 6 aromatic carbocycles. The summed E-state index contributed by atoms with van der Waals surface area (Å²) in [6, 6.07) is 46.5. The van der Waals surface area contributed by atoms with E-state index >= 15 is 0 Å². The Hall–Kier alpha value is -4.33. The second-order valence-electron chi connectivity index (χ2n) is 10.4. The van der Waals surface area contributed by atoms with Gasteiger partial charge in [0.1, 0.15) is 0 Å². The minimum absolute atomic E-state index is 0.433. The zero-order valence-corrected chi connectivity index (χ0v) is 22.2. The lowest BCUT2D eigenvalue weighted by Crippen LogP contribution is -2.09. The maximum Gasteiger partial charge on any atom is 0.0387 e. The van der Waals surface area contributed by atoms with Gasteiger partial charge >= 0.3 is 0 Å². The van der Waals surface area contributed by atoms with Crippen molar-refractivity contribution in [3.05, 3.63) is 157 Å². The smallest absolute Gasteiger partial charge is 0.0387 e. The quantitative estimate of drug-likeness (QED) is 0.212. The second kappa shape index (κ2) is 9.15. The van der Waals surface area contributed by atoms with Crippen LogP contribution in [0.4, 0.5) is 0 Å². The molecule has 1 heteroatoms.